The van der Waals surface area contributed by atoms with Crippen LogP contribution in [0.15, 0.2) is 0 Å². The first kappa shape index (κ1) is 107. The van der Waals surface area contributed by atoms with Crippen molar-refractivity contribution in [2.75, 3.05) is 0 Å². The summed E-state index contributed by atoms with van der Waals surface area (Å²) in [5.41, 5.74) is 0. The van der Waals surface area contributed by atoms with Crippen LogP contribution in [0.2, 0.25) is 0 Å². The molecule has 0 heterocycles. The van der Waals surface area contributed by atoms with Crippen LogP contribution in [-0.2, 0) is 17.1 Å². The first-order valence-corrected chi connectivity index (χ1v) is 1.34. The SMILES string of the molecule is F.[C-]#N.[C-]#N.[C-]#N.[C-]#N.[C-]#N.[C-]#N.[Fe+6]. The molecule has 14 heavy (non-hydrogen) atoms. The Balaban J connectivity index is -0.00000000500. The number of halogens is 1. The molecule has 0 aliphatic rings. The number of hydrogen-bond acceptors (Lipinski definition) is 6. The van der Waals surface area contributed by atoms with Crippen LogP contribution < -0.4 is 0 Å². The summed E-state index contributed by atoms with van der Waals surface area (Å²) in [7, 11) is 0. The van der Waals surface area contributed by atoms with Crippen molar-refractivity contribution in [3.8, 4) is 0 Å². The van der Waals surface area contributed by atoms with E-state index in [1.165, 1.54) is 0 Å². The second-order valence-corrected chi connectivity index (χ2v) is 0. The molecule has 0 fully saturated rings. The predicted molar refractivity (Wildman–Crippen MR) is 32.3 cm³/mol. The maximum atomic E-state index is 6.25. The molecule has 0 radical (unpaired) electrons. The van der Waals surface area contributed by atoms with E-state index in [4.69, 9.17) is 71.0 Å². The molecule has 0 unspecified atom stereocenters. The summed E-state index contributed by atoms with van der Waals surface area (Å²) in [5.74, 6) is 0. The molecule has 0 spiro atoms. The Morgan fingerprint density at radius 3 is 0.357 bits per heavy atom. The first-order chi connectivity index (χ1) is 6.00. The molecule has 0 amide bonds. The Morgan fingerprint density at radius 1 is 0.357 bits per heavy atom. The Hall–Kier alpha value is -2.61. The van der Waals surface area contributed by atoms with E-state index in [-0.39, 0.29) is 21.8 Å². The minimum Gasteiger partial charge on any atom is -0.512 e. The molecule has 0 aromatic heterocycles. The van der Waals surface area contributed by atoms with Gasteiger partial charge in [-0.1, -0.05) is 0 Å². The van der Waals surface area contributed by atoms with Gasteiger partial charge in [-0.3, -0.25) is 4.70 Å². The van der Waals surface area contributed by atoms with Crippen molar-refractivity contribution >= 4 is 0 Å². The van der Waals surface area contributed by atoms with E-state index in [9.17, 15) is 0 Å². The molecular formula is C6HFFeN6. The van der Waals surface area contributed by atoms with Crippen molar-refractivity contribution in [3.63, 3.8) is 0 Å². The van der Waals surface area contributed by atoms with Gasteiger partial charge in [-0.15, -0.1) is 0 Å². The standard InChI is InChI=1S/6CN.FH.Fe/c6*1-2;;/h;;;;;;1H;/q6*-1;;+6. The van der Waals surface area contributed by atoms with Crippen LogP contribution in [0.4, 0.5) is 4.70 Å². The molecule has 8 heteroatoms. The average molecular weight is 232 g/mol. The summed E-state index contributed by atoms with van der Waals surface area (Å²) in [6.07, 6.45) is 0. The summed E-state index contributed by atoms with van der Waals surface area (Å²) in [4.78, 5) is 0. The van der Waals surface area contributed by atoms with Gasteiger partial charge in [-0.2, -0.15) is 0 Å². The van der Waals surface area contributed by atoms with E-state index in [0.29, 0.717) is 0 Å². The summed E-state index contributed by atoms with van der Waals surface area (Å²) < 4.78 is 0. The van der Waals surface area contributed by atoms with Gasteiger partial charge in [0.1, 0.15) is 0 Å². The molecule has 0 aliphatic carbocycles. The summed E-state index contributed by atoms with van der Waals surface area (Å²) in [6.45, 7) is 28.5. The van der Waals surface area contributed by atoms with Crippen LogP contribution in [0, 0.1) is 71.0 Å². The third kappa shape index (κ3) is 97.0. The van der Waals surface area contributed by atoms with Gasteiger partial charge in [0.05, 0.1) is 0 Å². The van der Waals surface area contributed by atoms with Gasteiger partial charge in [0.2, 0.25) is 0 Å². The second kappa shape index (κ2) is 134. The van der Waals surface area contributed by atoms with E-state index >= 15 is 0 Å². The van der Waals surface area contributed by atoms with Crippen molar-refractivity contribution in [3.05, 3.63) is 39.4 Å². The Bertz CT molecular complexity index is 97.3. The molecule has 0 aromatic rings. The Kier molecular flexibility index (Phi) is 1030. The average Bonchev–Trinajstić information content (AvgIpc) is 2.33. The molecular weight excluding hydrogens is 231 g/mol. The molecule has 0 N–H and O–H groups in total. The zero-order valence-corrected chi connectivity index (χ0v) is 7.55. The van der Waals surface area contributed by atoms with Crippen LogP contribution in [0.1, 0.15) is 0 Å². The zero-order valence-electron chi connectivity index (χ0n) is 6.45. The molecule has 0 bridgehead atoms. The predicted octanol–water partition coefficient (Wildman–Crippen LogP) is 0.728. The second-order valence-electron chi connectivity index (χ2n) is 0. The summed E-state index contributed by atoms with van der Waals surface area (Å²) >= 11 is 0. The number of hydrogen-bond donors (Lipinski definition) is 0. The fraction of sp³-hybridized carbons (Fsp3) is 0. The van der Waals surface area contributed by atoms with Crippen molar-refractivity contribution in [1.29, 1.82) is 31.6 Å². The van der Waals surface area contributed by atoms with Crippen LogP contribution >= 0.6 is 0 Å². The van der Waals surface area contributed by atoms with Gasteiger partial charge in [-0.05, 0) is 0 Å². The maximum Gasteiger partial charge on any atom is 6.00 e. The van der Waals surface area contributed by atoms with E-state index in [2.05, 4.69) is 0 Å². The van der Waals surface area contributed by atoms with Crippen LogP contribution in [0.25, 0.3) is 0 Å². The smallest absolute Gasteiger partial charge is 0.512 e. The minimum absolute atomic E-state index is 0. The Labute approximate surface area is 93.3 Å². The topological polar surface area (TPSA) is 143 Å². The van der Waals surface area contributed by atoms with Gasteiger partial charge in [0, 0.05) is 0 Å². The normalized spacial score (nSPS) is 0.857. The molecule has 6 nitrogen and oxygen atoms in total. The fourth-order valence-electron chi connectivity index (χ4n) is 0. The van der Waals surface area contributed by atoms with Crippen molar-refractivity contribution < 1.29 is 21.8 Å². The number of nitrogens with zero attached hydrogens (tertiary/aromatic N) is 6. The monoisotopic (exact) mass is 232 g/mol. The van der Waals surface area contributed by atoms with Crippen molar-refractivity contribution in [2.45, 2.75) is 0 Å². The fourth-order valence-corrected chi connectivity index (χ4v) is 0. The van der Waals surface area contributed by atoms with Crippen LogP contribution in [-0.4, -0.2) is 0 Å². The van der Waals surface area contributed by atoms with Gasteiger partial charge in [-0.25, -0.2) is 0 Å². The quantitative estimate of drug-likeness (QED) is 0.444. The van der Waals surface area contributed by atoms with Crippen LogP contribution in [0.5, 0.6) is 0 Å². The molecule has 0 saturated carbocycles. The summed E-state index contributed by atoms with van der Waals surface area (Å²) in [5, 5.41) is 37.5. The molecule has 0 saturated heterocycles. The van der Waals surface area contributed by atoms with E-state index in [1.807, 2.05) is 0 Å². The molecule has 0 rings (SSSR count). The molecule has 0 aromatic carbocycles. The number of rotatable bonds is 0. The van der Waals surface area contributed by atoms with Crippen molar-refractivity contribution in [1.82, 2.24) is 0 Å². The van der Waals surface area contributed by atoms with E-state index < -0.39 is 0 Å². The van der Waals surface area contributed by atoms with Gasteiger partial charge >= 0.3 is 17.1 Å². The van der Waals surface area contributed by atoms with Gasteiger partial charge in [0.25, 0.3) is 0 Å². The Morgan fingerprint density at radius 2 is 0.357 bits per heavy atom. The largest absolute Gasteiger partial charge is 6.00 e. The maximum absolute atomic E-state index is 6.25. The van der Waals surface area contributed by atoms with Crippen LogP contribution in [0.3, 0.4) is 0 Å². The third-order valence-corrected chi connectivity index (χ3v) is 0. The van der Waals surface area contributed by atoms with E-state index in [1.54, 1.807) is 0 Å². The third-order valence-electron chi connectivity index (χ3n) is 0. The summed E-state index contributed by atoms with van der Waals surface area (Å²) in [6, 6.07) is 0. The molecule has 70 valence electrons. The van der Waals surface area contributed by atoms with E-state index in [0.717, 1.165) is 0 Å². The zero-order chi connectivity index (χ0) is 12.0. The van der Waals surface area contributed by atoms with Gasteiger partial charge < -0.3 is 71.0 Å². The first-order valence-electron chi connectivity index (χ1n) is 1.34. The van der Waals surface area contributed by atoms with Gasteiger partial charge in [0.15, 0.2) is 0 Å². The molecule has 0 atom stereocenters. The van der Waals surface area contributed by atoms with Crippen molar-refractivity contribution in [2.24, 2.45) is 0 Å². The molecule has 0 aliphatic heterocycles. The minimum atomic E-state index is 0.